The molecule has 0 saturated heterocycles. The maximum absolute atomic E-state index is 5.70. The molecule has 0 heterocycles. The first-order valence-corrected chi connectivity index (χ1v) is 5.41. The summed E-state index contributed by atoms with van der Waals surface area (Å²) in [4.78, 5) is 3.83. The number of rotatable bonds is 4. The van der Waals surface area contributed by atoms with Crippen molar-refractivity contribution in [3.8, 4) is 5.75 Å². The Kier molecular flexibility index (Phi) is 4.64. The van der Waals surface area contributed by atoms with Gasteiger partial charge in [-0.1, -0.05) is 13.0 Å². The molecule has 0 saturated carbocycles. The predicted octanol–water partition coefficient (Wildman–Crippen LogP) is 2.22. The third-order valence-corrected chi connectivity index (χ3v) is 2.26. The first-order chi connectivity index (χ1) is 7.65. The van der Waals surface area contributed by atoms with E-state index in [2.05, 4.69) is 17.2 Å². The summed E-state index contributed by atoms with van der Waals surface area (Å²) >= 11 is 0. The summed E-state index contributed by atoms with van der Waals surface area (Å²) in [6, 6.07) is 7.67. The van der Waals surface area contributed by atoms with E-state index in [9.17, 15) is 0 Å². The van der Waals surface area contributed by atoms with E-state index in [1.54, 1.807) is 7.05 Å². The molecule has 1 atom stereocenters. The standard InChI is InChI=1S/C12H19N3O/c1-4-9(2)16-11-7-5-6-10(8-11)15-12(13)14-3/h5-9H,4H2,1-3H3,(H3,13,14,15). The molecule has 16 heavy (non-hydrogen) atoms. The van der Waals surface area contributed by atoms with E-state index in [-0.39, 0.29) is 6.10 Å². The van der Waals surface area contributed by atoms with Crippen LogP contribution in [0.15, 0.2) is 29.3 Å². The molecule has 0 spiro atoms. The molecule has 0 radical (unpaired) electrons. The van der Waals surface area contributed by atoms with E-state index >= 15 is 0 Å². The lowest BCUT2D eigenvalue weighted by molar-refractivity contribution is 0.217. The molecule has 1 rings (SSSR count). The van der Waals surface area contributed by atoms with Crippen LogP contribution in [0.3, 0.4) is 0 Å². The number of anilines is 1. The Morgan fingerprint density at radius 3 is 2.94 bits per heavy atom. The number of nitrogens with two attached hydrogens (primary N) is 1. The minimum Gasteiger partial charge on any atom is -0.491 e. The van der Waals surface area contributed by atoms with Crippen molar-refractivity contribution in [2.24, 2.45) is 10.7 Å². The van der Waals surface area contributed by atoms with Gasteiger partial charge < -0.3 is 15.8 Å². The highest BCUT2D eigenvalue weighted by Gasteiger charge is 2.02. The van der Waals surface area contributed by atoms with Crippen LogP contribution in [0, 0.1) is 0 Å². The average molecular weight is 221 g/mol. The Labute approximate surface area is 96.5 Å². The van der Waals surface area contributed by atoms with E-state index in [0.29, 0.717) is 5.96 Å². The average Bonchev–Trinajstić information content (AvgIpc) is 2.29. The highest BCUT2D eigenvalue weighted by atomic mass is 16.5. The largest absolute Gasteiger partial charge is 0.491 e. The predicted molar refractivity (Wildman–Crippen MR) is 68.0 cm³/mol. The van der Waals surface area contributed by atoms with Crippen LogP contribution in [-0.2, 0) is 0 Å². The van der Waals surface area contributed by atoms with Crippen LogP contribution in [0.2, 0.25) is 0 Å². The summed E-state index contributed by atoms with van der Waals surface area (Å²) in [6.07, 6.45) is 1.20. The quantitative estimate of drug-likeness (QED) is 0.605. The maximum Gasteiger partial charge on any atom is 0.192 e. The zero-order valence-electron chi connectivity index (χ0n) is 10.0. The smallest absolute Gasteiger partial charge is 0.192 e. The lowest BCUT2D eigenvalue weighted by Crippen LogP contribution is -2.22. The van der Waals surface area contributed by atoms with Gasteiger partial charge in [0.25, 0.3) is 0 Å². The minimum atomic E-state index is 0.215. The van der Waals surface area contributed by atoms with E-state index in [0.717, 1.165) is 17.9 Å². The lowest BCUT2D eigenvalue weighted by Gasteiger charge is -2.13. The Morgan fingerprint density at radius 1 is 1.56 bits per heavy atom. The molecule has 88 valence electrons. The second-order valence-electron chi connectivity index (χ2n) is 3.60. The molecule has 1 aromatic carbocycles. The molecule has 1 aromatic rings. The second-order valence-corrected chi connectivity index (χ2v) is 3.60. The summed E-state index contributed by atoms with van der Waals surface area (Å²) in [5.41, 5.74) is 6.46. The van der Waals surface area contributed by atoms with E-state index in [1.807, 2.05) is 31.2 Å². The SMILES string of the molecule is CCC(C)Oc1cccc(NC(N)=NC)c1. The van der Waals surface area contributed by atoms with Crippen LogP contribution >= 0.6 is 0 Å². The molecule has 3 N–H and O–H groups in total. The van der Waals surface area contributed by atoms with Gasteiger partial charge in [0.1, 0.15) is 5.75 Å². The van der Waals surface area contributed by atoms with Gasteiger partial charge in [0.2, 0.25) is 0 Å². The fraction of sp³-hybridized carbons (Fsp3) is 0.417. The van der Waals surface area contributed by atoms with Crippen molar-refractivity contribution < 1.29 is 4.74 Å². The summed E-state index contributed by atoms with van der Waals surface area (Å²) in [6.45, 7) is 4.14. The van der Waals surface area contributed by atoms with Crippen molar-refractivity contribution in [1.82, 2.24) is 0 Å². The number of benzene rings is 1. The van der Waals surface area contributed by atoms with Crippen LogP contribution in [0.25, 0.3) is 0 Å². The molecule has 4 heteroatoms. The van der Waals surface area contributed by atoms with Crippen molar-refractivity contribution in [3.63, 3.8) is 0 Å². The number of hydrogen-bond donors (Lipinski definition) is 2. The van der Waals surface area contributed by atoms with Crippen LogP contribution in [0.5, 0.6) is 5.75 Å². The molecule has 0 bridgehead atoms. The van der Waals surface area contributed by atoms with E-state index in [1.165, 1.54) is 0 Å². The van der Waals surface area contributed by atoms with Crippen molar-refractivity contribution in [2.75, 3.05) is 12.4 Å². The van der Waals surface area contributed by atoms with Gasteiger partial charge in [-0.3, -0.25) is 4.99 Å². The number of ether oxygens (including phenoxy) is 1. The van der Waals surface area contributed by atoms with Crippen molar-refractivity contribution in [2.45, 2.75) is 26.4 Å². The summed E-state index contributed by atoms with van der Waals surface area (Å²) < 4.78 is 5.70. The minimum absolute atomic E-state index is 0.215. The van der Waals surface area contributed by atoms with E-state index < -0.39 is 0 Å². The molecule has 4 nitrogen and oxygen atoms in total. The Bertz CT molecular complexity index is 363. The van der Waals surface area contributed by atoms with Crippen molar-refractivity contribution >= 4 is 11.6 Å². The van der Waals surface area contributed by atoms with Gasteiger partial charge in [-0.05, 0) is 25.5 Å². The monoisotopic (exact) mass is 221 g/mol. The molecule has 0 aliphatic rings. The third-order valence-electron chi connectivity index (χ3n) is 2.26. The Balaban J connectivity index is 2.71. The maximum atomic E-state index is 5.70. The fourth-order valence-corrected chi connectivity index (χ4v) is 1.17. The van der Waals surface area contributed by atoms with Gasteiger partial charge in [0.05, 0.1) is 6.10 Å². The second kappa shape index (κ2) is 6.00. The van der Waals surface area contributed by atoms with Crippen LogP contribution in [0.4, 0.5) is 5.69 Å². The third kappa shape index (κ3) is 3.81. The summed E-state index contributed by atoms with van der Waals surface area (Å²) in [5.74, 6) is 1.23. The Morgan fingerprint density at radius 2 is 2.31 bits per heavy atom. The zero-order valence-corrected chi connectivity index (χ0v) is 10.0. The highest BCUT2D eigenvalue weighted by Crippen LogP contribution is 2.18. The fourth-order valence-electron chi connectivity index (χ4n) is 1.17. The van der Waals surface area contributed by atoms with Gasteiger partial charge >= 0.3 is 0 Å². The highest BCUT2D eigenvalue weighted by molar-refractivity contribution is 5.92. The van der Waals surface area contributed by atoms with Crippen molar-refractivity contribution in [1.29, 1.82) is 0 Å². The van der Waals surface area contributed by atoms with E-state index in [4.69, 9.17) is 10.5 Å². The summed E-state index contributed by atoms with van der Waals surface area (Å²) in [7, 11) is 1.64. The molecule has 1 unspecified atom stereocenters. The Hall–Kier alpha value is -1.71. The first-order valence-electron chi connectivity index (χ1n) is 5.41. The molecule has 0 fully saturated rings. The zero-order chi connectivity index (χ0) is 12.0. The van der Waals surface area contributed by atoms with Gasteiger partial charge in [-0.2, -0.15) is 0 Å². The number of hydrogen-bond acceptors (Lipinski definition) is 2. The van der Waals surface area contributed by atoms with Crippen molar-refractivity contribution in [3.05, 3.63) is 24.3 Å². The van der Waals surface area contributed by atoms with Gasteiger partial charge in [0, 0.05) is 18.8 Å². The number of nitrogens with zero attached hydrogens (tertiary/aromatic N) is 1. The van der Waals surface area contributed by atoms with Crippen LogP contribution in [-0.4, -0.2) is 19.1 Å². The lowest BCUT2D eigenvalue weighted by atomic mass is 10.3. The topological polar surface area (TPSA) is 59.6 Å². The molecular weight excluding hydrogens is 202 g/mol. The summed E-state index contributed by atoms with van der Waals surface area (Å²) in [5, 5.41) is 2.97. The normalized spacial score (nSPS) is 13.3. The first kappa shape index (κ1) is 12.4. The van der Waals surface area contributed by atoms with Gasteiger partial charge in [-0.25, -0.2) is 0 Å². The number of guanidine groups is 1. The molecular formula is C12H19N3O. The number of nitrogens with one attached hydrogen (secondary N) is 1. The van der Waals surface area contributed by atoms with Gasteiger partial charge in [-0.15, -0.1) is 0 Å². The van der Waals surface area contributed by atoms with Gasteiger partial charge in [0.15, 0.2) is 5.96 Å². The van der Waals surface area contributed by atoms with Crippen LogP contribution < -0.4 is 15.8 Å². The molecule has 0 aliphatic heterocycles. The molecule has 0 aromatic heterocycles. The number of aliphatic imine (C=N–C) groups is 1. The van der Waals surface area contributed by atoms with Crippen LogP contribution in [0.1, 0.15) is 20.3 Å². The molecule has 0 amide bonds. The molecule has 0 aliphatic carbocycles.